The van der Waals surface area contributed by atoms with Crippen molar-refractivity contribution in [3.8, 4) is 17.0 Å². The van der Waals surface area contributed by atoms with Crippen LogP contribution in [-0.4, -0.2) is 43.4 Å². The maximum atomic E-state index is 12.2. The molecule has 0 aliphatic carbocycles. The van der Waals surface area contributed by atoms with Crippen LogP contribution in [0.2, 0.25) is 0 Å². The van der Waals surface area contributed by atoms with Gasteiger partial charge in [-0.2, -0.15) is 8.78 Å². The second-order valence-electron chi connectivity index (χ2n) is 5.53. The topological polar surface area (TPSA) is 69.7 Å². The molecule has 0 bridgehead atoms. The molecular formula is C18H22F2N2O4S. The zero-order chi connectivity index (χ0) is 19.8. The molecule has 2 aromatic rings. The number of rotatable bonds is 10. The zero-order valence-electron chi connectivity index (χ0n) is 15.3. The Labute approximate surface area is 160 Å². The lowest BCUT2D eigenvalue weighted by Crippen LogP contribution is -2.28. The average molecular weight is 400 g/mol. The summed E-state index contributed by atoms with van der Waals surface area (Å²) in [5.41, 5.74) is 1.41. The monoisotopic (exact) mass is 400 g/mol. The molecule has 0 fully saturated rings. The molecule has 0 radical (unpaired) electrons. The average Bonchev–Trinajstić information content (AvgIpc) is 2.99. The molecule has 1 aromatic carbocycles. The summed E-state index contributed by atoms with van der Waals surface area (Å²) in [5, 5.41) is 3.17. The Balaban J connectivity index is 1.98. The molecule has 0 aliphatic rings. The van der Waals surface area contributed by atoms with E-state index < -0.39 is 12.7 Å². The van der Waals surface area contributed by atoms with Gasteiger partial charge in [-0.05, 0) is 45.0 Å². The number of thiazole rings is 1. The van der Waals surface area contributed by atoms with Crippen molar-refractivity contribution in [1.29, 1.82) is 0 Å². The van der Waals surface area contributed by atoms with Crippen molar-refractivity contribution in [3.63, 3.8) is 0 Å². The number of benzene rings is 1. The molecule has 0 saturated carbocycles. The number of aryl methyl sites for hydroxylation is 1. The van der Waals surface area contributed by atoms with E-state index in [4.69, 9.17) is 9.47 Å². The molecule has 1 heterocycles. The Hall–Kier alpha value is -2.10. The predicted molar refractivity (Wildman–Crippen MR) is 99.5 cm³/mol. The first kappa shape index (κ1) is 21.2. The van der Waals surface area contributed by atoms with E-state index in [0.29, 0.717) is 30.6 Å². The molecule has 27 heavy (non-hydrogen) atoms. The molecule has 0 saturated heterocycles. The SMILES string of the molecule is CCOCCOC(C)C(=O)Nc1nc(-c2ccc(OC(F)F)cc2)c(C)s1. The summed E-state index contributed by atoms with van der Waals surface area (Å²) in [4.78, 5) is 17.5. The number of hydrogen-bond acceptors (Lipinski definition) is 6. The second kappa shape index (κ2) is 10.3. The normalized spacial score (nSPS) is 12.2. The molecule has 148 valence electrons. The van der Waals surface area contributed by atoms with Crippen LogP contribution < -0.4 is 10.1 Å². The highest BCUT2D eigenvalue weighted by Crippen LogP contribution is 2.31. The minimum atomic E-state index is -2.86. The molecule has 1 amide bonds. The molecule has 0 aliphatic heterocycles. The fourth-order valence-electron chi connectivity index (χ4n) is 2.22. The van der Waals surface area contributed by atoms with E-state index in [1.165, 1.54) is 23.5 Å². The third-order valence-corrected chi connectivity index (χ3v) is 4.43. The molecule has 9 heteroatoms. The molecule has 2 rings (SSSR count). The Morgan fingerprint density at radius 2 is 1.96 bits per heavy atom. The number of amides is 1. The van der Waals surface area contributed by atoms with Crippen LogP contribution >= 0.6 is 11.3 Å². The summed E-state index contributed by atoms with van der Waals surface area (Å²) in [5.74, 6) is -0.222. The lowest BCUT2D eigenvalue weighted by atomic mass is 10.1. The quantitative estimate of drug-likeness (QED) is 0.608. The number of carbonyl (C=O) groups excluding carboxylic acids is 1. The fraction of sp³-hybridized carbons (Fsp3) is 0.444. The van der Waals surface area contributed by atoms with Gasteiger partial charge in [0.05, 0.1) is 18.9 Å². The minimum Gasteiger partial charge on any atom is -0.435 e. The molecule has 1 atom stereocenters. The maximum absolute atomic E-state index is 12.2. The van der Waals surface area contributed by atoms with Gasteiger partial charge in [0.15, 0.2) is 5.13 Å². The van der Waals surface area contributed by atoms with Crippen molar-refractivity contribution < 1.29 is 27.8 Å². The summed E-state index contributed by atoms with van der Waals surface area (Å²) < 4.78 is 39.4. The van der Waals surface area contributed by atoms with E-state index in [0.717, 1.165) is 10.4 Å². The van der Waals surface area contributed by atoms with Gasteiger partial charge in [0.2, 0.25) is 0 Å². The van der Waals surface area contributed by atoms with Crippen LogP contribution in [0.25, 0.3) is 11.3 Å². The summed E-state index contributed by atoms with van der Waals surface area (Å²) in [6, 6.07) is 6.19. The Morgan fingerprint density at radius 1 is 1.26 bits per heavy atom. The number of aromatic nitrogens is 1. The summed E-state index contributed by atoms with van der Waals surface area (Å²) >= 11 is 1.33. The van der Waals surface area contributed by atoms with Crippen LogP contribution in [0.15, 0.2) is 24.3 Å². The van der Waals surface area contributed by atoms with Crippen molar-refractivity contribution >= 4 is 22.4 Å². The van der Waals surface area contributed by atoms with E-state index in [-0.39, 0.29) is 11.7 Å². The largest absolute Gasteiger partial charge is 0.435 e. The smallest absolute Gasteiger partial charge is 0.387 e. The van der Waals surface area contributed by atoms with Crippen molar-refractivity contribution in [2.24, 2.45) is 0 Å². The lowest BCUT2D eigenvalue weighted by molar-refractivity contribution is -0.127. The van der Waals surface area contributed by atoms with E-state index in [2.05, 4.69) is 15.0 Å². The number of carbonyl (C=O) groups is 1. The van der Waals surface area contributed by atoms with E-state index in [9.17, 15) is 13.6 Å². The number of ether oxygens (including phenoxy) is 3. The molecule has 1 unspecified atom stereocenters. The van der Waals surface area contributed by atoms with Gasteiger partial charge in [-0.25, -0.2) is 4.98 Å². The van der Waals surface area contributed by atoms with Crippen molar-refractivity contribution in [2.45, 2.75) is 33.5 Å². The number of alkyl halides is 2. The van der Waals surface area contributed by atoms with Crippen LogP contribution in [0.5, 0.6) is 5.75 Å². The minimum absolute atomic E-state index is 0.0770. The fourth-order valence-corrected chi connectivity index (χ4v) is 3.06. The number of hydrogen-bond donors (Lipinski definition) is 1. The first-order chi connectivity index (χ1) is 12.9. The molecular weight excluding hydrogens is 378 g/mol. The molecule has 1 aromatic heterocycles. The van der Waals surface area contributed by atoms with E-state index >= 15 is 0 Å². The summed E-state index contributed by atoms with van der Waals surface area (Å²) in [7, 11) is 0. The summed E-state index contributed by atoms with van der Waals surface area (Å²) in [6.07, 6.45) is -0.635. The van der Waals surface area contributed by atoms with E-state index in [1.54, 1.807) is 19.1 Å². The number of nitrogens with zero attached hydrogens (tertiary/aromatic N) is 1. The second-order valence-corrected chi connectivity index (χ2v) is 6.73. The maximum Gasteiger partial charge on any atom is 0.387 e. The molecule has 0 spiro atoms. The van der Waals surface area contributed by atoms with Gasteiger partial charge < -0.3 is 14.2 Å². The number of anilines is 1. The third-order valence-electron chi connectivity index (χ3n) is 3.55. The first-order valence-electron chi connectivity index (χ1n) is 8.43. The van der Waals surface area contributed by atoms with Gasteiger partial charge in [-0.3, -0.25) is 10.1 Å². The lowest BCUT2D eigenvalue weighted by Gasteiger charge is -2.11. The summed E-state index contributed by atoms with van der Waals surface area (Å²) in [6.45, 7) is 3.91. The standard InChI is InChI=1S/C18H22F2N2O4S/c1-4-24-9-10-25-11(2)16(23)22-18-21-15(12(3)27-18)13-5-7-14(8-6-13)26-17(19)20/h5-8,11,17H,4,9-10H2,1-3H3,(H,21,22,23). The molecule has 1 N–H and O–H groups in total. The van der Waals surface area contributed by atoms with E-state index in [1.807, 2.05) is 13.8 Å². The highest BCUT2D eigenvalue weighted by atomic mass is 32.1. The third kappa shape index (κ3) is 6.53. The van der Waals surface area contributed by atoms with Crippen molar-refractivity contribution in [1.82, 2.24) is 4.98 Å². The van der Waals surface area contributed by atoms with Crippen molar-refractivity contribution in [3.05, 3.63) is 29.1 Å². The number of halogens is 2. The van der Waals surface area contributed by atoms with Crippen LogP contribution in [-0.2, 0) is 14.3 Å². The Morgan fingerprint density at radius 3 is 2.59 bits per heavy atom. The van der Waals surface area contributed by atoms with Gasteiger partial charge in [-0.1, -0.05) is 0 Å². The Kier molecular flexibility index (Phi) is 8.08. The van der Waals surface area contributed by atoms with Crippen LogP contribution in [0, 0.1) is 6.92 Å². The van der Waals surface area contributed by atoms with Crippen LogP contribution in [0.3, 0.4) is 0 Å². The zero-order valence-corrected chi connectivity index (χ0v) is 16.1. The number of nitrogens with one attached hydrogen (secondary N) is 1. The van der Waals surface area contributed by atoms with Crippen LogP contribution in [0.4, 0.5) is 13.9 Å². The van der Waals surface area contributed by atoms with Gasteiger partial charge in [0.1, 0.15) is 11.9 Å². The molecule has 6 nitrogen and oxygen atoms in total. The predicted octanol–water partition coefficient (Wildman–Crippen LogP) is 4.10. The van der Waals surface area contributed by atoms with Crippen LogP contribution in [0.1, 0.15) is 18.7 Å². The van der Waals surface area contributed by atoms with Crippen molar-refractivity contribution in [2.75, 3.05) is 25.1 Å². The van der Waals surface area contributed by atoms with Gasteiger partial charge in [0, 0.05) is 17.0 Å². The van der Waals surface area contributed by atoms with Gasteiger partial charge in [-0.15, -0.1) is 11.3 Å². The van der Waals surface area contributed by atoms with Gasteiger partial charge >= 0.3 is 6.61 Å². The Bertz CT molecular complexity index is 737. The first-order valence-corrected chi connectivity index (χ1v) is 9.25. The highest BCUT2D eigenvalue weighted by molar-refractivity contribution is 7.16. The van der Waals surface area contributed by atoms with Gasteiger partial charge in [0.25, 0.3) is 5.91 Å². The highest BCUT2D eigenvalue weighted by Gasteiger charge is 2.17.